The van der Waals surface area contributed by atoms with Crippen LogP contribution in [0.3, 0.4) is 0 Å². The van der Waals surface area contributed by atoms with Crippen molar-refractivity contribution in [3.05, 3.63) is 89.9 Å². The molecule has 0 aliphatic heterocycles. The number of benzene rings is 2. The Morgan fingerprint density at radius 1 is 0.839 bits per heavy atom. The minimum absolute atomic E-state index is 0.165. The molecule has 4 rings (SSSR count). The third kappa shape index (κ3) is 4.99. The minimum Gasteiger partial charge on any atom is -0.492 e. The van der Waals surface area contributed by atoms with Gasteiger partial charge in [-0.2, -0.15) is 0 Å². The Hall–Kier alpha value is -3.91. The lowest BCUT2D eigenvalue weighted by molar-refractivity contribution is 0.261. The number of imidazole rings is 1. The summed E-state index contributed by atoms with van der Waals surface area (Å²) >= 11 is 0. The van der Waals surface area contributed by atoms with Crippen molar-refractivity contribution in [1.82, 2.24) is 24.0 Å². The van der Waals surface area contributed by atoms with Gasteiger partial charge in [-0.25, -0.2) is 14.8 Å². The van der Waals surface area contributed by atoms with Crippen LogP contribution in [-0.2, 0) is 0 Å². The molecule has 0 atom stereocenters. The van der Waals surface area contributed by atoms with Gasteiger partial charge in [-0.3, -0.25) is 9.13 Å². The summed E-state index contributed by atoms with van der Waals surface area (Å²) in [7, 11) is 4.00. The van der Waals surface area contributed by atoms with E-state index in [0.29, 0.717) is 12.4 Å². The summed E-state index contributed by atoms with van der Waals surface area (Å²) in [6, 6.07) is 16.6. The topological polar surface area (TPSA) is 74.4 Å². The Morgan fingerprint density at radius 3 is 1.94 bits per heavy atom. The molecule has 158 valence electrons. The molecule has 0 N–H and O–H groups in total. The Morgan fingerprint density at radius 2 is 1.39 bits per heavy atom. The van der Waals surface area contributed by atoms with Crippen molar-refractivity contribution in [1.29, 1.82) is 0 Å². The van der Waals surface area contributed by atoms with Gasteiger partial charge in [0, 0.05) is 31.3 Å². The fourth-order valence-electron chi connectivity index (χ4n) is 2.94. The predicted octanol–water partition coefficient (Wildman–Crippen LogP) is 3.15. The zero-order chi connectivity index (χ0) is 21.6. The summed E-state index contributed by atoms with van der Waals surface area (Å²) in [6.45, 7) is 1.45. The van der Waals surface area contributed by atoms with Crippen molar-refractivity contribution in [3.8, 4) is 28.9 Å². The van der Waals surface area contributed by atoms with E-state index in [1.54, 1.807) is 52.1 Å². The number of rotatable bonds is 8. The van der Waals surface area contributed by atoms with Crippen LogP contribution in [0.2, 0.25) is 0 Å². The molecule has 0 saturated carbocycles. The molecule has 4 aromatic rings. The molecule has 2 heterocycles. The van der Waals surface area contributed by atoms with E-state index in [0.717, 1.165) is 23.7 Å². The van der Waals surface area contributed by atoms with E-state index < -0.39 is 0 Å². The molecule has 8 nitrogen and oxygen atoms in total. The molecular formula is C23H23N5O3. The van der Waals surface area contributed by atoms with Crippen molar-refractivity contribution in [3.63, 3.8) is 0 Å². The van der Waals surface area contributed by atoms with Crippen LogP contribution in [0.5, 0.6) is 17.5 Å². The van der Waals surface area contributed by atoms with Gasteiger partial charge in [0.05, 0.1) is 11.4 Å². The first-order chi connectivity index (χ1) is 15.1. The summed E-state index contributed by atoms with van der Waals surface area (Å²) in [5.41, 5.74) is 1.33. The predicted molar refractivity (Wildman–Crippen MR) is 118 cm³/mol. The van der Waals surface area contributed by atoms with Crippen LogP contribution >= 0.6 is 0 Å². The second-order valence-corrected chi connectivity index (χ2v) is 7.09. The lowest BCUT2D eigenvalue weighted by Gasteiger charge is -2.11. The summed E-state index contributed by atoms with van der Waals surface area (Å²) in [6.07, 6.45) is 6.70. The lowest BCUT2D eigenvalue weighted by atomic mass is 10.3. The number of ether oxygens (including phenoxy) is 2. The van der Waals surface area contributed by atoms with Gasteiger partial charge < -0.3 is 14.4 Å². The standard InChI is InChI=1S/C23H23N5O3/c1-26(2)16-17-30-20-8-4-18(5-9-20)27-14-15-28(23(27)29)19-6-10-21(11-7-19)31-22-24-12-3-13-25-22/h3-15H,16-17H2,1-2H3. The molecule has 2 aromatic carbocycles. The molecule has 8 heteroatoms. The molecule has 0 aliphatic rings. The minimum atomic E-state index is -0.165. The van der Waals surface area contributed by atoms with Gasteiger partial charge in [-0.05, 0) is 68.7 Å². The summed E-state index contributed by atoms with van der Waals surface area (Å²) in [5.74, 6) is 1.36. The average molecular weight is 417 g/mol. The zero-order valence-corrected chi connectivity index (χ0v) is 17.4. The first kappa shape index (κ1) is 20.4. The van der Waals surface area contributed by atoms with Crippen molar-refractivity contribution in [2.24, 2.45) is 0 Å². The SMILES string of the molecule is CN(C)CCOc1ccc(-n2ccn(-c3ccc(Oc4ncccn4)cc3)c2=O)cc1. The van der Waals surface area contributed by atoms with Crippen LogP contribution in [0, 0.1) is 0 Å². The number of hydrogen-bond acceptors (Lipinski definition) is 6. The second-order valence-electron chi connectivity index (χ2n) is 7.09. The van der Waals surface area contributed by atoms with Crippen LogP contribution in [-0.4, -0.2) is 51.2 Å². The Kier molecular flexibility index (Phi) is 6.09. The summed E-state index contributed by atoms with van der Waals surface area (Å²) in [5, 5.41) is 0. The molecule has 0 radical (unpaired) electrons. The van der Waals surface area contributed by atoms with E-state index in [1.165, 1.54) is 0 Å². The second kappa shape index (κ2) is 9.27. The molecule has 0 unspecified atom stereocenters. The van der Waals surface area contributed by atoms with Crippen LogP contribution in [0.25, 0.3) is 11.4 Å². The Balaban J connectivity index is 1.47. The van der Waals surface area contributed by atoms with Gasteiger partial charge in [0.25, 0.3) is 0 Å². The summed E-state index contributed by atoms with van der Waals surface area (Å²) < 4.78 is 14.5. The molecule has 0 aliphatic carbocycles. The number of aromatic nitrogens is 4. The Bertz CT molecular complexity index is 1170. The summed E-state index contributed by atoms with van der Waals surface area (Å²) in [4.78, 5) is 23.0. The average Bonchev–Trinajstić information content (AvgIpc) is 3.16. The van der Waals surface area contributed by atoms with Gasteiger partial charge in [0.1, 0.15) is 18.1 Å². The largest absolute Gasteiger partial charge is 0.492 e. The van der Waals surface area contributed by atoms with E-state index >= 15 is 0 Å². The number of nitrogens with zero attached hydrogens (tertiary/aromatic N) is 5. The first-order valence-electron chi connectivity index (χ1n) is 9.83. The van der Waals surface area contributed by atoms with Gasteiger partial charge >= 0.3 is 11.7 Å². The van der Waals surface area contributed by atoms with E-state index in [-0.39, 0.29) is 11.7 Å². The third-order valence-corrected chi connectivity index (χ3v) is 4.57. The Labute approximate surface area is 179 Å². The highest BCUT2D eigenvalue weighted by atomic mass is 16.5. The van der Waals surface area contributed by atoms with Crippen molar-refractivity contribution in [2.45, 2.75) is 0 Å². The molecule has 0 saturated heterocycles. The third-order valence-electron chi connectivity index (χ3n) is 4.57. The first-order valence-corrected chi connectivity index (χ1v) is 9.83. The molecule has 2 aromatic heterocycles. The van der Waals surface area contributed by atoms with Crippen LogP contribution in [0.4, 0.5) is 0 Å². The van der Waals surface area contributed by atoms with Gasteiger partial charge in [0.15, 0.2) is 0 Å². The monoisotopic (exact) mass is 417 g/mol. The van der Waals surface area contributed by atoms with Crippen molar-refractivity contribution < 1.29 is 9.47 Å². The van der Waals surface area contributed by atoms with E-state index in [2.05, 4.69) is 14.9 Å². The maximum Gasteiger partial charge on any atom is 0.337 e. The normalized spacial score (nSPS) is 10.9. The van der Waals surface area contributed by atoms with E-state index in [4.69, 9.17) is 9.47 Å². The lowest BCUT2D eigenvalue weighted by Crippen LogP contribution is -2.21. The molecule has 0 spiro atoms. The van der Waals surface area contributed by atoms with Crippen LogP contribution < -0.4 is 15.2 Å². The number of likely N-dealkylation sites (N-methyl/N-ethyl adjacent to an activating group) is 1. The maximum atomic E-state index is 12.9. The highest BCUT2D eigenvalue weighted by molar-refractivity contribution is 5.41. The van der Waals surface area contributed by atoms with Crippen molar-refractivity contribution in [2.75, 3.05) is 27.2 Å². The number of hydrogen-bond donors (Lipinski definition) is 0. The fourth-order valence-corrected chi connectivity index (χ4v) is 2.94. The highest BCUT2D eigenvalue weighted by Crippen LogP contribution is 2.19. The van der Waals surface area contributed by atoms with Crippen LogP contribution in [0.1, 0.15) is 0 Å². The molecular weight excluding hydrogens is 394 g/mol. The van der Waals surface area contributed by atoms with Gasteiger partial charge in [-0.1, -0.05) is 0 Å². The molecule has 0 fully saturated rings. The quantitative estimate of drug-likeness (QED) is 0.439. The van der Waals surface area contributed by atoms with Crippen LogP contribution in [0.15, 0.2) is 84.2 Å². The smallest absolute Gasteiger partial charge is 0.337 e. The van der Waals surface area contributed by atoms with Gasteiger partial charge in [0.2, 0.25) is 0 Å². The van der Waals surface area contributed by atoms with E-state index in [1.807, 2.05) is 50.5 Å². The van der Waals surface area contributed by atoms with Crippen molar-refractivity contribution >= 4 is 0 Å². The highest BCUT2D eigenvalue weighted by Gasteiger charge is 2.08. The molecule has 0 amide bonds. The van der Waals surface area contributed by atoms with Gasteiger partial charge in [-0.15, -0.1) is 0 Å². The zero-order valence-electron chi connectivity index (χ0n) is 17.4. The fraction of sp³-hybridized carbons (Fsp3) is 0.174. The van der Waals surface area contributed by atoms with E-state index in [9.17, 15) is 4.79 Å². The maximum absolute atomic E-state index is 12.9. The molecule has 0 bridgehead atoms. The molecule has 31 heavy (non-hydrogen) atoms.